The van der Waals surface area contributed by atoms with E-state index in [1.54, 1.807) is 23.5 Å². The molecular formula is C17H16N2O4S. The lowest BCUT2D eigenvalue weighted by Crippen LogP contribution is -2.04. The van der Waals surface area contributed by atoms with Crippen LogP contribution in [0.3, 0.4) is 0 Å². The maximum Gasteiger partial charge on any atom is 0.211 e. The van der Waals surface area contributed by atoms with Gasteiger partial charge in [-0.2, -0.15) is 0 Å². The predicted octanol–water partition coefficient (Wildman–Crippen LogP) is 3.40. The van der Waals surface area contributed by atoms with Crippen molar-refractivity contribution in [3.05, 3.63) is 47.1 Å². The topological polar surface area (TPSA) is 73.4 Å². The number of aromatic nitrogens is 2. The SMILES string of the molecule is COc1cc(C(=O)c2cnc(-c3cccs3)[nH]2)cc(OC)c1OC. The molecule has 0 amide bonds. The Morgan fingerprint density at radius 1 is 1.12 bits per heavy atom. The molecule has 124 valence electrons. The molecule has 6 nitrogen and oxygen atoms in total. The Kier molecular flexibility index (Phi) is 4.52. The van der Waals surface area contributed by atoms with Gasteiger partial charge in [0.1, 0.15) is 11.5 Å². The van der Waals surface area contributed by atoms with E-state index in [-0.39, 0.29) is 5.78 Å². The molecule has 0 aliphatic carbocycles. The fraction of sp³-hybridized carbons (Fsp3) is 0.176. The number of carbonyl (C=O) groups is 1. The minimum absolute atomic E-state index is 0.204. The lowest BCUT2D eigenvalue weighted by molar-refractivity contribution is 0.103. The number of nitrogens with one attached hydrogen (secondary N) is 1. The number of carbonyl (C=O) groups excluding carboxylic acids is 1. The first-order chi connectivity index (χ1) is 11.7. The van der Waals surface area contributed by atoms with Gasteiger partial charge in [-0.3, -0.25) is 4.79 Å². The van der Waals surface area contributed by atoms with Gasteiger partial charge in [-0.15, -0.1) is 11.3 Å². The van der Waals surface area contributed by atoms with Crippen LogP contribution in [-0.2, 0) is 0 Å². The normalized spacial score (nSPS) is 10.5. The molecule has 1 N–H and O–H groups in total. The molecule has 24 heavy (non-hydrogen) atoms. The molecule has 0 aliphatic rings. The summed E-state index contributed by atoms with van der Waals surface area (Å²) in [7, 11) is 4.54. The quantitative estimate of drug-likeness (QED) is 0.694. The third-order valence-electron chi connectivity index (χ3n) is 3.50. The van der Waals surface area contributed by atoms with Crippen LogP contribution in [0.1, 0.15) is 16.1 Å². The van der Waals surface area contributed by atoms with Crippen LogP contribution in [0.2, 0.25) is 0 Å². The average molecular weight is 344 g/mol. The Hall–Kier alpha value is -2.80. The van der Waals surface area contributed by atoms with Gasteiger partial charge in [0.15, 0.2) is 11.5 Å². The van der Waals surface area contributed by atoms with Crippen molar-refractivity contribution in [2.75, 3.05) is 21.3 Å². The third-order valence-corrected chi connectivity index (χ3v) is 4.38. The van der Waals surface area contributed by atoms with E-state index in [4.69, 9.17) is 14.2 Å². The average Bonchev–Trinajstić information content (AvgIpc) is 3.30. The Balaban J connectivity index is 1.98. The molecule has 7 heteroatoms. The van der Waals surface area contributed by atoms with E-state index < -0.39 is 0 Å². The lowest BCUT2D eigenvalue weighted by Gasteiger charge is -2.13. The minimum atomic E-state index is -0.204. The van der Waals surface area contributed by atoms with Crippen LogP contribution >= 0.6 is 11.3 Å². The minimum Gasteiger partial charge on any atom is -0.493 e. The maximum atomic E-state index is 12.7. The van der Waals surface area contributed by atoms with E-state index in [0.29, 0.717) is 34.3 Å². The van der Waals surface area contributed by atoms with E-state index in [9.17, 15) is 4.79 Å². The fourth-order valence-corrected chi connectivity index (χ4v) is 3.02. The summed E-state index contributed by atoms with van der Waals surface area (Å²) >= 11 is 1.55. The summed E-state index contributed by atoms with van der Waals surface area (Å²) < 4.78 is 15.8. The van der Waals surface area contributed by atoms with Crippen LogP contribution in [0.15, 0.2) is 35.8 Å². The van der Waals surface area contributed by atoms with Crippen molar-refractivity contribution in [1.82, 2.24) is 9.97 Å². The number of hydrogen-bond acceptors (Lipinski definition) is 6. The highest BCUT2D eigenvalue weighted by Crippen LogP contribution is 2.38. The number of ether oxygens (including phenoxy) is 3. The molecular weight excluding hydrogens is 328 g/mol. The van der Waals surface area contributed by atoms with Gasteiger partial charge in [0.25, 0.3) is 0 Å². The summed E-state index contributed by atoms with van der Waals surface area (Å²) in [4.78, 5) is 21.0. The van der Waals surface area contributed by atoms with Gasteiger partial charge in [-0.25, -0.2) is 4.98 Å². The standard InChI is InChI=1S/C17H16N2O4S/c1-21-12-7-10(8-13(22-2)16(12)23-3)15(20)11-9-18-17(19-11)14-5-4-6-24-14/h4-9H,1-3H3,(H,18,19). The number of thiophene rings is 1. The summed E-state index contributed by atoms with van der Waals surface area (Å²) in [6.07, 6.45) is 1.53. The Morgan fingerprint density at radius 2 is 1.83 bits per heavy atom. The molecule has 0 saturated heterocycles. The van der Waals surface area contributed by atoms with E-state index >= 15 is 0 Å². The van der Waals surface area contributed by atoms with Crippen LogP contribution in [0.4, 0.5) is 0 Å². The molecule has 0 saturated carbocycles. The monoisotopic (exact) mass is 344 g/mol. The first-order valence-electron chi connectivity index (χ1n) is 7.11. The van der Waals surface area contributed by atoms with Crippen molar-refractivity contribution < 1.29 is 19.0 Å². The van der Waals surface area contributed by atoms with Crippen molar-refractivity contribution in [1.29, 1.82) is 0 Å². The van der Waals surface area contributed by atoms with Gasteiger partial charge in [0.05, 0.1) is 32.4 Å². The van der Waals surface area contributed by atoms with Crippen molar-refractivity contribution in [2.24, 2.45) is 0 Å². The molecule has 3 aromatic rings. The van der Waals surface area contributed by atoms with Gasteiger partial charge in [-0.05, 0) is 23.6 Å². The summed E-state index contributed by atoms with van der Waals surface area (Å²) in [5, 5.41) is 1.96. The summed E-state index contributed by atoms with van der Waals surface area (Å²) in [5.41, 5.74) is 0.818. The lowest BCUT2D eigenvalue weighted by atomic mass is 10.1. The van der Waals surface area contributed by atoms with Crippen LogP contribution in [0, 0.1) is 0 Å². The number of hydrogen-bond donors (Lipinski definition) is 1. The van der Waals surface area contributed by atoms with E-state index in [0.717, 1.165) is 4.88 Å². The Labute approximate surface area is 143 Å². The molecule has 0 unspecified atom stereocenters. The Morgan fingerprint density at radius 3 is 2.38 bits per heavy atom. The third kappa shape index (κ3) is 2.85. The fourth-order valence-electron chi connectivity index (χ4n) is 2.34. The highest BCUT2D eigenvalue weighted by molar-refractivity contribution is 7.13. The zero-order valence-corrected chi connectivity index (χ0v) is 14.3. The second-order valence-electron chi connectivity index (χ2n) is 4.87. The van der Waals surface area contributed by atoms with E-state index in [1.807, 2.05) is 17.5 Å². The molecule has 0 fully saturated rings. The largest absolute Gasteiger partial charge is 0.493 e. The zero-order chi connectivity index (χ0) is 17.1. The molecule has 0 atom stereocenters. The van der Waals surface area contributed by atoms with Crippen LogP contribution in [-0.4, -0.2) is 37.1 Å². The van der Waals surface area contributed by atoms with Crippen molar-refractivity contribution in [3.63, 3.8) is 0 Å². The van der Waals surface area contributed by atoms with Crippen molar-refractivity contribution in [2.45, 2.75) is 0 Å². The zero-order valence-electron chi connectivity index (χ0n) is 13.5. The van der Waals surface area contributed by atoms with Gasteiger partial charge in [-0.1, -0.05) is 6.07 Å². The first-order valence-corrected chi connectivity index (χ1v) is 7.99. The van der Waals surface area contributed by atoms with E-state index in [1.165, 1.54) is 27.5 Å². The molecule has 3 rings (SSSR count). The van der Waals surface area contributed by atoms with Crippen LogP contribution in [0.25, 0.3) is 10.7 Å². The van der Waals surface area contributed by atoms with Crippen molar-refractivity contribution >= 4 is 17.1 Å². The van der Waals surface area contributed by atoms with Gasteiger partial charge >= 0.3 is 0 Å². The summed E-state index contributed by atoms with van der Waals surface area (Å²) in [6, 6.07) is 7.12. The summed E-state index contributed by atoms with van der Waals surface area (Å²) in [6.45, 7) is 0. The maximum absolute atomic E-state index is 12.7. The number of aromatic amines is 1. The number of methoxy groups -OCH3 is 3. The second kappa shape index (κ2) is 6.76. The summed E-state index contributed by atoms with van der Waals surface area (Å²) in [5.74, 6) is 1.77. The second-order valence-corrected chi connectivity index (χ2v) is 5.81. The van der Waals surface area contributed by atoms with Gasteiger partial charge < -0.3 is 19.2 Å². The predicted molar refractivity (Wildman–Crippen MR) is 91.4 cm³/mol. The molecule has 2 heterocycles. The molecule has 1 aromatic carbocycles. The van der Waals surface area contributed by atoms with Crippen LogP contribution in [0.5, 0.6) is 17.2 Å². The van der Waals surface area contributed by atoms with Gasteiger partial charge in [0, 0.05) is 5.56 Å². The number of benzene rings is 1. The smallest absolute Gasteiger partial charge is 0.211 e. The van der Waals surface area contributed by atoms with E-state index in [2.05, 4.69) is 9.97 Å². The Bertz CT molecular complexity index is 830. The highest BCUT2D eigenvalue weighted by atomic mass is 32.1. The molecule has 0 spiro atoms. The van der Waals surface area contributed by atoms with Crippen molar-refractivity contribution in [3.8, 4) is 28.0 Å². The number of nitrogens with zero attached hydrogens (tertiary/aromatic N) is 1. The number of H-pyrrole nitrogens is 1. The number of ketones is 1. The van der Waals surface area contributed by atoms with Gasteiger partial charge in [0.2, 0.25) is 11.5 Å². The highest BCUT2D eigenvalue weighted by Gasteiger charge is 2.19. The number of rotatable bonds is 6. The first kappa shape index (κ1) is 16.1. The van der Waals surface area contributed by atoms with Crippen LogP contribution < -0.4 is 14.2 Å². The molecule has 0 bridgehead atoms. The number of imidazole rings is 1. The molecule has 0 radical (unpaired) electrons. The molecule has 2 aromatic heterocycles. The molecule has 0 aliphatic heterocycles.